The van der Waals surface area contributed by atoms with E-state index in [9.17, 15) is 17.6 Å². The molecular formula is C18H21FN2O3S. The molecule has 1 unspecified atom stereocenters. The Balaban J connectivity index is 2.38. The molecular weight excluding hydrogens is 343 g/mol. The number of halogens is 1. The zero-order valence-corrected chi connectivity index (χ0v) is 15.2. The first-order valence-corrected chi connectivity index (χ1v) is 9.70. The number of carbonyl (C=O) groups excluding carboxylic acids is 1. The van der Waals surface area contributed by atoms with Gasteiger partial charge in [-0.25, -0.2) is 12.8 Å². The summed E-state index contributed by atoms with van der Waals surface area (Å²) in [6, 6.07) is 11.6. The summed E-state index contributed by atoms with van der Waals surface area (Å²) >= 11 is 0. The maximum absolute atomic E-state index is 13.8. The molecule has 2 aromatic carbocycles. The standard InChI is InChI=1S/C18H21FN2O3S/c1-4-17(18(22)20-16-8-6-5-7-15(16)19)21(25(3,23)24)14-11-9-13(2)10-12-14/h5-12,17H,4H2,1-3H3,(H,20,22). The van der Waals surface area contributed by atoms with Crippen molar-refractivity contribution in [3.8, 4) is 0 Å². The molecule has 0 saturated heterocycles. The molecule has 1 atom stereocenters. The Labute approximate surface area is 147 Å². The van der Waals surface area contributed by atoms with E-state index in [-0.39, 0.29) is 12.1 Å². The molecule has 2 rings (SSSR count). The summed E-state index contributed by atoms with van der Waals surface area (Å²) in [6.07, 6.45) is 1.28. The fraction of sp³-hybridized carbons (Fsp3) is 0.278. The number of anilines is 2. The molecule has 0 aliphatic carbocycles. The van der Waals surface area contributed by atoms with Crippen molar-refractivity contribution in [2.24, 2.45) is 0 Å². The van der Waals surface area contributed by atoms with Crippen molar-refractivity contribution < 1.29 is 17.6 Å². The number of hydrogen-bond acceptors (Lipinski definition) is 3. The Morgan fingerprint density at radius 1 is 1.16 bits per heavy atom. The Kier molecular flexibility index (Phi) is 5.79. The smallest absolute Gasteiger partial charge is 0.248 e. The van der Waals surface area contributed by atoms with Gasteiger partial charge in [-0.1, -0.05) is 36.8 Å². The van der Waals surface area contributed by atoms with Crippen molar-refractivity contribution in [1.29, 1.82) is 0 Å². The third-order valence-corrected chi connectivity index (χ3v) is 4.93. The number of amides is 1. The van der Waals surface area contributed by atoms with Crippen molar-refractivity contribution in [3.63, 3.8) is 0 Å². The molecule has 0 heterocycles. The number of carbonyl (C=O) groups is 1. The molecule has 0 bridgehead atoms. The van der Waals surface area contributed by atoms with Gasteiger partial charge >= 0.3 is 0 Å². The van der Waals surface area contributed by atoms with Crippen LogP contribution in [0.15, 0.2) is 48.5 Å². The summed E-state index contributed by atoms with van der Waals surface area (Å²) in [5.41, 5.74) is 1.38. The highest BCUT2D eigenvalue weighted by molar-refractivity contribution is 7.92. The van der Waals surface area contributed by atoms with Gasteiger partial charge in [0.2, 0.25) is 15.9 Å². The molecule has 0 spiro atoms. The molecule has 5 nitrogen and oxygen atoms in total. The predicted octanol–water partition coefficient (Wildman–Crippen LogP) is 3.32. The molecule has 0 radical (unpaired) electrons. The van der Waals surface area contributed by atoms with Gasteiger partial charge in [0.25, 0.3) is 0 Å². The zero-order valence-electron chi connectivity index (χ0n) is 14.4. The van der Waals surface area contributed by atoms with Gasteiger partial charge in [-0.05, 0) is 37.6 Å². The van der Waals surface area contributed by atoms with Gasteiger partial charge in [0.1, 0.15) is 11.9 Å². The molecule has 25 heavy (non-hydrogen) atoms. The van der Waals surface area contributed by atoms with E-state index in [1.54, 1.807) is 37.3 Å². The topological polar surface area (TPSA) is 66.5 Å². The fourth-order valence-corrected chi connectivity index (χ4v) is 3.74. The second kappa shape index (κ2) is 7.65. The lowest BCUT2D eigenvalue weighted by molar-refractivity contribution is -0.117. The summed E-state index contributed by atoms with van der Waals surface area (Å²) in [5, 5.41) is 2.47. The number of nitrogens with zero attached hydrogens (tertiary/aromatic N) is 1. The molecule has 0 aliphatic heterocycles. The van der Waals surface area contributed by atoms with Crippen molar-refractivity contribution in [3.05, 3.63) is 59.9 Å². The van der Waals surface area contributed by atoms with E-state index in [0.29, 0.717) is 5.69 Å². The summed E-state index contributed by atoms with van der Waals surface area (Å²) < 4.78 is 39.5. The number of nitrogens with one attached hydrogen (secondary N) is 1. The average molecular weight is 364 g/mol. The van der Waals surface area contributed by atoms with Crippen LogP contribution in [0.3, 0.4) is 0 Å². The lowest BCUT2D eigenvalue weighted by atomic mass is 10.1. The summed E-state index contributed by atoms with van der Waals surface area (Å²) in [4.78, 5) is 12.6. The SMILES string of the molecule is CCC(C(=O)Nc1ccccc1F)N(c1ccc(C)cc1)S(C)(=O)=O. The highest BCUT2D eigenvalue weighted by Crippen LogP contribution is 2.24. The lowest BCUT2D eigenvalue weighted by Gasteiger charge is -2.30. The second-order valence-electron chi connectivity index (χ2n) is 5.79. The van der Waals surface area contributed by atoms with Crippen molar-refractivity contribution >= 4 is 27.3 Å². The minimum atomic E-state index is -3.71. The van der Waals surface area contributed by atoms with E-state index >= 15 is 0 Å². The van der Waals surface area contributed by atoms with Crippen LogP contribution in [0.25, 0.3) is 0 Å². The third kappa shape index (κ3) is 4.57. The highest BCUT2D eigenvalue weighted by atomic mass is 32.2. The normalized spacial score (nSPS) is 12.5. The Bertz CT molecular complexity index is 851. The second-order valence-corrected chi connectivity index (χ2v) is 7.65. The number of para-hydroxylation sites is 1. The van der Waals surface area contributed by atoms with Crippen LogP contribution in [-0.2, 0) is 14.8 Å². The van der Waals surface area contributed by atoms with Crippen LogP contribution in [0.4, 0.5) is 15.8 Å². The van der Waals surface area contributed by atoms with Crippen LogP contribution in [0, 0.1) is 12.7 Å². The minimum absolute atomic E-state index is 0.0170. The summed E-state index contributed by atoms with van der Waals surface area (Å²) in [7, 11) is -3.71. The fourth-order valence-electron chi connectivity index (χ4n) is 2.53. The van der Waals surface area contributed by atoms with E-state index in [1.165, 1.54) is 18.2 Å². The molecule has 0 saturated carbocycles. The number of benzene rings is 2. The zero-order chi connectivity index (χ0) is 18.6. The van der Waals surface area contributed by atoms with Gasteiger partial charge < -0.3 is 5.32 Å². The number of hydrogen-bond donors (Lipinski definition) is 1. The van der Waals surface area contributed by atoms with Gasteiger partial charge in [0.05, 0.1) is 17.6 Å². The van der Waals surface area contributed by atoms with Crippen LogP contribution in [-0.4, -0.2) is 26.6 Å². The van der Waals surface area contributed by atoms with E-state index in [0.717, 1.165) is 16.1 Å². The van der Waals surface area contributed by atoms with Gasteiger partial charge in [-0.2, -0.15) is 0 Å². The number of sulfonamides is 1. The van der Waals surface area contributed by atoms with Gasteiger partial charge in [-0.15, -0.1) is 0 Å². The van der Waals surface area contributed by atoms with Gasteiger partial charge in [-0.3, -0.25) is 9.10 Å². The number of rotatable bonds is 6. The highest BCUT2D eigenvalue weighted by Gasteiger charge is 2.31. The molecule has 0 aromatic heterocycles. The predicted molar refractivity (Wildman–Crippen MR) is 97.6 cm³/mol. The first-order chi connectivity index (χ1) is 11.7. The number of aryl methyl sites for hydroxylation is 1. The Hall–Kier alpha value is -2.41. The van der Waals surface area contributed by atoms with Gasteiger partial charge in [0, 0.05) is 0 Å². The van der Waals surface area contributed by atoms with Crippen LogP contribution in [0.2, 0.25) is 0 Å². The molecule has 1 N–H and O–H groups in total. The lowest BCUT2D eigenvalue weighted by Crippen LogP contribution is -2.47. The van der Waals surface area contributed by atoms with Crippen LogP contribution in [0.1, 0.15) is 18.9 Å². The first-order valence-electron chi connectivity index (χ1n) is 7.85. The molecule has 2 aromatic rings. The summed E-state index contributed by atoms with van der Waals surface area (Å²) in [6.45, 7) is 3.59. The monoisotopic (exact) mass is 364 g/mol. The maximum atomic E-state index is 13.8. The molecule has 0 fully saturated rings. The van der Waals surface area contributed by atoms with Crippen molar-refractivity contribution in [1.82, 2.24) is 0 Å². The van der Waals surface area contributed by atoms with E-state index < -0.39 is 27.8 Å². The quantitative estimate of drug-likeness (QED) is 0.855. The van der Waals surface area contributed by atoms with Crippen molar-refractivity contribution in [2.45, 2.75) is 26.3 Å². The molecule has 0 aliphatic rings. The van der Waals surface area contributed by atoms with E-state index in [2.05, 4.69) is 5.32 Å². The first kappa shape index (κ1) is 18.9. The minimum Gasteiger partial charge on any atom is -0.322 e. The third-order valence-electron chi connectivity index (χ3n) is 3.75. The van der Waals surface area contributed by atoms with Crippen LogP contribution in [0.5, 0.6) is 0 Å². The van der Waals surface area contributed by atoms with Crippen molar-refractivity contribution in [2.75, 3.05) is 15.9 Å². The van der Waals surface area contributed by atoms with E-state index in [4.69, 9.17) is 0 Å². The van der Waals surface area contributed by atoms with Crippen LogP contribution < -0.4 is 9.62 Å². The maximum Gasteiger partial charge on any atom is 0.248 e. The van der Waals surface area contributed by atoms with Crippen LogP contribution >= 0.6 is 0 Å². The summed E-state index contributed by atoms with van der Waals surface area (Å²) in [5.74, 6) is -1.16. The largest absolute Gasteiger partial charge is 0.322 e. The average Bonchev–Trinajstić information content (AvgIpc) is 2.54. The molecule has 1 amide bonds. The Morgan fingerprint density at radius 3 is 2.28 bits per heavy atom. The van der Waals surface area contributed by atoms with E-state index in [1.807, 2.05) is 6.92 Å². The van der Waals surface area contributed by atoms with Gasteiger partial charge in [0.15, 0.2) is 0 Å². The molecule has 134 valence electrons. The molecule has 7 heteroatoms. The Morgan fingerprint density at radius 2 is 1.76 bits per heavy atom.